The molecule has 0 bridgehead atoms. The van der Waals surface area contributed by atoms with Gasteiger partial charge in [-0.1, -0.05) is 11.6 Å². The number of rotatable bonds is 4. The maximum atomic E-state index is 13.2. The lowest BCUT2D eigenvalue weighted by molar-refractivity contribution is -0.132. The molecule has 1 aliphatic heterocycles. The average molecular weight is 343 g/mol. The van der Waals surface area contributed by atoms with E-state index in [4.69, 9.17) is 11.6 Å². The van der Waals surface area contributed by atoms with E-state index in [0.29, 0.717) is 28.0 Å². The first-order chi connectivity index (χ1) is 10.9. The van der Waals surface area contributed by atoms with Gasteiger partial charge in [-0.25, -0.2) is 8.78 Å². The fourth-order valence-electron chi connectivity index (χ4n) is 2.54. The minimum atomic E-state index is -2.81. The Balaban J connectivity index is 1.78. The number of nitrogens with one attached hydrogen (secondary N) is 1. The lowest BCUT2D eigenvalue weighted by Gasteiger charge is -2.15. The molecule has 3 rings (SSSR count). The molecule has 0 aliphatic carbocycles. The Hall–Kier alpha value is -2.22. The maximum Gasteiger partial charge on any atom is 0.267 e. The molecule has 9 heteroatoms. The molecule has 0 radical (unpaired) electrons. The summed E-state index contributed by atoms with van der Waals surface area (Å²) in [5.41, 5.74) is 0.977. The second kappa shape index (κ2) is 5.77. The van der Waals surface area contributed by atoms with E-state index in [-0.39, 0.29) is 19.5 Å². The van der Waals surface area contributed by atoms with Gasteiger partial charge >= 0.3 is 0 Å². The molecule has 122 valence electrons. The summed E-state index contributed by atoms with van der Waals surface area (Å²) in [4.78, 5) is 23.7. The number of benzene rings is 1. The number of carbonyl (C=O) groups is 2. The molecule has 1 aromatic heterocycles. The summed E-state index contributed by atoms with van der Waals surface area (Å²) in [5.74, 6) is -3.22. The number of hydrogen-bond acceptors (Lipinski definition) is 3. The van der Waals surface area contributed by atoms with Gasteiger partial charge in [0.15, 0.2) is 0 Å². The summed E-state index contributed by atoms with van der Waals surface area (Å²) in [5, 5.41) is 7.67. The number of hydrogen-bond donors (Lipinski definition) is 1. The van der Waals surface area contributed by atoms with Crippen LogP contribution in [-0.4, -0.2) is 46.0 Å². The molecule has 23 heavy (non-hydrogen) atoms. The summed E-state index contributed by atoms with van der Waals surface area (Å²) in [6.45, 7) is -0.628. The smallest absolute Gasteiger partial charge is 0.267 e. The van der Waals surface area contributed by atoms with E-state index < -0.39 is 18.4 Å². The van der Waals surface area contributed by atoms with Crippen LogP contribution in [0.15, 0.2) is 18.3 Å². The molecule has 6 nitrogen and oxygen atoms in total. The fourth-order valence-corrected chi connectivity index (χ4v) is 2.75. The van der Waals surface area contributed by atoms with E-state index in [9.17, 15) is 18.4 Å². The van der Waals surface area contributed by atoms with Gasteiger partial charge in [-0.3, -0.25) is 14.3 Å². The molecular weight excluding hydrogens is 330 g/mol. The highest BCUT2D eigenvalue weighted by Gasteiger charge is 2.40. The van der Waals surface area contributed by atoms with Crippen molar-refractivity contribution < 1.29 is 18.4 Å². The highest BCUT2D eigenvalue weighted by Crippen LogP contribution is 2.28. The number of alkyl halides is 2. The van der Waals surface area contributed by atoms with E-state index in [1.807, 2.05) is 0 Å². The zero-order chi connectivity index (χ0) is 16.6. The van der Waals surface area contributed by atoms with Crippen molar-refractivity contribution in [2.75, 3.05) is 18.4 Å². The number of anilines is 1. The van der Waals surface area contributed by atoms with Gasteiger partial charge in [-0.15, -0.1) is 0 Å². The highest BCUT2D eigenvalue weighted by molar-refractivity contribution is 6.34. The van der Waals surface area contributed by atoms with Gasteiger partial charge in [-0.2, -0.15) is 5.10 Å². The standard InChI is InChI=1S/C14H13ClF2N4O2/c15-10-4-11-9(3-12(10)18-8-22)5-21(19-11)6-13(23)20-2-1-14(16,17)7-20/h3-5,8H,1-2,6-7H2,(H,18,22). The van der Waals surface area contributed by atoms with Gasteiger partial charge in [0.1, 0.15) is 6.54 Å². The zero-order valence-electron chi connectivity index (χ0n) is 11.9. The molecule has 0 saturated carbocycles. The number of fused-ring (bicyclic) bond motifs is 1. The van der Waals surface area contributed by atoms with Crippen molar-refractivity contribution in [1.29, 1.82) is 0 Å². The lowest BCUT2D eigenvalue weighted by Crippen LogP contribution is -2.34. The third-order valence-electron chi connectivity index (χ3n) is 3.67. The second-order valence-electron chi connectivity index (χ2n) is 5.40. The van der Waals surface area contributed by atoms with Crippen molar-refractivity contribution in [3.8, 4) is 0 Å². The number of carbonyl (C=O) groups excluding carboxylic acids is 2. The minimum absolute atomic E-state index is 0.0475. The van der Waals surface area contributed by atoms with E-state index in [0.717, 1.165) is 4.90 Å². The van der Waals surface area contributed by atoms with Crippen LogP contribution in [0.4, 0.5) is 14.5 Å². The van der Waals surface area contributed by atoms with Crippen LogP contribution in [0.2, 0.25) is 5.02 Å². The molecule has 1 aromatic carbocycles. The predicted octanol–water partition coefficient (Wildman–Crippen LogP) is 2.13. The van der Waals surface area contributed by atoms with Gasteiger partial charge in [-0.05, 0) is 12.1 Å². The number of likely N-dealkylation sites (tertiary alicyclic amines) is 1. The van der Waals surface area contributed by atoms with Crippen molar-refractivity contribution >= 4 is 40.5 Å². The molecule has 0 spiro atoms. The summed E-state index contributed by atoms with van der Waals surface area (Å²) in [6, 6.07) is 3.19. The molecule has 2 heterocycles. The summed E-state index contributed by atoms with van der Waals surface area (Å²) >= 11 is 6.00. The van der Waals surface area contributed by atoms with E-state index >= 15 is 0 Å². The largest absolute Gasteiger partial charge is 0.335 e. The van der Waals surface area contributed by atoms with E-state index in [2.05, 4.69) is 10.4 Å². The Bertz CT molecular complexity index is 777. The first-order valence-corrected chi connectivity index (χ1v) is 7.28. The molecule has 1 aliphatic rings. The fraction of sp³-hybridized carbons (Fsp3) is 0.357. The van der Waals surface area contributed by atoms with Gasteiger partial charge in [0.05, 0.1) is 22.8 Å². The Kier molecular flexibility index (Phi) is 3.93. The molecule has 2 aromatic rings. The van der Waals surface area contributed by atoms with Crippen LogP contribution < -0.4 is 5.32 Å². The van der Waals surface area contributed by atoms with Gasteiger partial charge in [0.25, 0.3) is 5.92 Å². The van der Waals surface area contributed by atoms with Crippen LogP contribution in [0.3, 0.4) is 0 Å². The first-order valence-electron chi connectivity index (χ1n) is 6.90. The lowest BCUT2D eigenvalue weighted by atomic mass is 10.2. The molecular formula is C14H13ClF2N4O2. The average Bonchev–Trinajstić information content (AvgIpc) is 3.02. The monoisotopic (exact) mass is 342 g/mol. The Morgan fingerprint density at radius 2 is 2.26 bits per heavy atom. The van der Waals surface area contributed by atoms with Crippen LogP contribution in [0, 0.1) is 0 Å². The van der Waals surface area contributed by atoms with Gasteiger partial charge < -0.3 is 10.2 Å². The van der Waals surface area contributed by atoms with Crippen molar-refractivity contribution in [3.63, 3.8) is 0 Å². The van der Waals surface area contributed by atoms with Gasteiger partial charge in [0, 0.05) is 24.5 Å². The van der Waals surface area contributed by atoms with Crippen molar-refractivity contribution in [2.24, 2.45) is 0 Å². The summed E-state index contributed by atoms with van der Waals surface area (Å²) in [6.07, 6.45) is 1.80. The third-order valence-corrected chi connectivity index (χ3v) is 3.99. The van der Waals surface area contributed by atoms with E-state index in [1.54, 1.807) is 18.3 Å². The third kappa shape index (κ3) is 3.26. The molecule has 1 fully saturated rings. The van der Waals surface area contributed by atoms with Crippen molar-refractivity contribution in [3.05, 3.63) is 23.4 Å². The normalized spacial score (nSPS) is 16.7. The topological polar surface area (TPSA) is 67.2 Å². The second-order valence-corrected chi connectivity index (χ2v) is 5.81. The number of halogens is 3. The van der Waals surface area contributed by atoms with Crippen molar-refractivity contribution in [2.45, 2.75) is 18.9 Å². The quantitative estimate of drug-likeness (QED) is 0.865. The predicted molar refractivity (Wildman–Crippen MR) is 80.6 cm³/mol. The molecule has 2 amide bonds. The van der Waals surface area contributed by atoms with Crippen LogP contribution in [0.1, 0.15) is 6.42 Å². The summed E-state index contributed by atoms with van der Waals surface area (Å²) < 4.78 is 27.7. The molecule has 1 N–H and O–H groups in total. The van der Waals surface area contributed by atoms with Crippen LogP contribution in [-0.2, 0) is 16.1 Å². The Morgan fingerprint density at radius 1 is 1.48 bits per heavy atom. The zero-order valence-corrected chi connectivity index (χ0v) is 12.7. The number of amides is 2. The first kappa shape index (κ1) is 15.7. The summed E-state index contributed by atoms with van der Waals surface area (Å²) in [7, 11) is 0. The molecule has 0 atom stereocenters. The van der Waals surface area contributed by atoms with Crippen LogP contribution >= 0.6 is 11.6 Å². The van der Waals surface area contributed by atoms with Crippen molar-refractivity contribution in [1.82, 2.24) is 14.7 Å². The van der Waals surface area contributed by atoms with E-state index in [1.165, 1.54) is 4.68 Å². The van der Waals surface area contributed by atoms with Crippen LogP contribution in [0.25, 0.3) is 10.9 Å². The minimum Gasteiger partial charge on any atom is -0.335 e. The van der Waals surface area contributed by atoms with Gasteiger partial charge in [0.2, 0.25) is 12.3 Å². The maximum absolute atomic E-state index is 13.2. The molecule has 0 unspecified atom stereocenters. The number of nitrogens with zero attached hydrogens (tertiary/aromatic N) is 3. The highest BCUT2D eigenvalue weighted by atomic mass is 35.5. The van der Waals surface area contributed by atoms with Crippen LogP contribution in [0.5, 0.6) is 0 Å². The Labute approximate surface area is 135 Å². The Morgan fingerprint density at radius 3 is 2.91 bits per heavy atom. The SMILES string of the molecule is O=CNc1cc2cn(CC(=O)N3CCC(F)(F)C3)nc2cc1Cl. The molecule has 1 saturated heterocycles. The number of aromatic nitrogens is 2.